The molecule has 2 N–H and O–H groups in total. The average Bonchev–Trinajstić information content (AvgIpc) is 3.49. The van der Waals surface area contributed by atoms with Crippen molar-refractivity contribution in [2.45, 2.75) is 73.7 Å². The van der Waals surface area contributed by atoms with Crippen molar-refractivity contribution in [2.24, 2.45) is 0 Å². The maximum atomic E-state index is 12.6. The Hall–Kier alpha value is -1.00. The maximum Gasteiger partial charge on any atom is 0.240 e. The molecule has 0 bridgehead atoms. The third kappa shape index (κ3) is 5.76. The first-order chi connectivity index (χ1) is 13.3. The van der Waals surface area contributed by atoms with Gasteiger partial charge in [-0.1, -0.05) is 19.8 Å². The third-order valence-electron chi connectivity index (χ3n) is 5.40. The summed E-state index contributed by atoms with van der Waals surface area (Å²) in [5.41, 5.74) is 0. The molecular weight excluding hydrogens is 398 g/mol. The normalized spacial score (nSPS) is 21.7. The highest BCUT2D eigenvalue weighted by molar-refractivity contribution is 7.90. The summed E-state index contributed by atoms with van der Waals surface area (Å²) >= 11 is 0. The fourth-order valence-corrected chi connectivity index (χ4v) is 5.90. The first kappa shape index (κ1) is 21.7. The van der Waals surface area contributed by atoms with Crippen LogP contribution in [0.5, 0.6) is 0 Å². The van der Waals surface area contributed by atoms with E-state index in [2.05, 4.69) is 21.3 Å². The molecule has 3 rings (SSSR count). The highest BCUT2D eigenvalue weighted by Crippen LogP contribution is 2.23. The van der Waals surface area contributed by atoms with E-state index in [0.717, 1.165) is 58.0 Å². The van der Waals surface area contributed by atoms with Gasteiger partial charge in [-0.05, 0) is 69.5 Å². The van der Waals surface area contributed by atoms with Gasteiger partial charge in [0.05, 0.1) is 9.79 Å². The van der Waals surface area contributed by atoms with Crippen LogP contribution in [0.1, 0.15) is 51.9 Å². The van der Waals surface area contributed by atoms with Gasteiger partial charge in [0.15, 0.2) is 0 Å². The Morgan fingerprint density at radius 3 is 2.21 bits per heavy atom. The van der Waals surface area contributed by atoms with Crippen molar-refractivity contribution in [3.63, 3.8) is 0 Å². The number of unbranched alkanes of at least 4 members (excludes halogenated alkanes) is 1. The number of piperidine rings is 1. The number of nitrogens with zero attached hydrogens (tertiary/aromatic N) is 1. The van der Waals surface area contributed by atoms with E-state index in [9.17, 15) is 16.8 Å². The van der Waals surface area contributed by atoms with E-state index in [0.29, 0.717) is 6.54 Å². The second-order valence-electron chi connectivity index (χ2n) is 7.76. The Morgan fingerprint density at radius 1 is 0.964 bits per heavy atom. The van der Waals surface area contributed by atoms with Gasteiger partial charge in [0.1, 0.15) is 0 Å². The molecule has 28 heavy (non-hydrogen) atoms. The highest BCUT2D eigenvalue weighted by atomic mass is 32.2. The van der Waals surface area contributed by atoms with Gasteiger partial charge in [0.2, 0.25) is 20.0 Å². The van der Waals surface area contributed by atoms with Crippen LogP contribution in [0.25, 0.3) is 0 Å². The summed E-state index contributed by atoms with van der Waals surface area (Å²) in [5, 5.41) is 0. The zero-order chi connectivity index (χ0) is 20.2. The molecule has 1 heterocycles. The van der Waals surface area contributed by atoms with Crippen molar-refractivity contribution in [3.05, 3.63) is 24.3 Å². The molecule has 1 aromatic rings. The Balaban J connectivity index is 1.62. The lowest BCUT2D eigenvalue weighted by Gasteiger charge is -2.35. The SMILES string of the molecule is CCCCN1CCCCC1CNS(=O)(=O)c1ccc(S(=O)(=O)NC2CC2)cc1. The number of sulfonamides is 2. The minimum atomic E-state index is -3.67. The van der Waals surface area contributed by atoms with E-state index in [1.165, 1.54) is 24.3 Å². The molecule has 7 nitrogen and oxygen atoms in total. The van der Waals surface area contributed by atoms with Crippen molar-refractivity contribution >= 4 is 20.0 Å². The molecular formula is C19H31N3O4S2. The monoisotopic (exact) mass is 429 g/mol. The minimum Gasteiger partial charge on any atom is -0.299 e. The highest BCUT2D eigenvalue weighted by Gasteiger charge is 2.28. The molecule has 2 aliphatic rings. The molecule has 1 atom stereocenters. The summed E-state index contributed by atoms with van der Waals surface area (Å²) in [6.07, 6.45) is 7.23. The van der Waals surface area contributed by atoms with E-state index in [1.54, 1.807) is 0 Å². The van der Waals surface area contributed by atoms with Gasteiger partial charge in [-0.25, -0.2) is 26.3 Å². The Bertz CT molecular complexity index is 850. The molecule has 0 spiro atoms. The zero-order valence-electron chi connectivity index (χ0n) is 16.4. The second-order valence-corrected chi connectivity index (χ2v) is 11.2. The van der Waals surface area contributed by atoms with Crippen LogP contribution < -0.4 is 9.44 Å². The lowest BCUT2D eigenvalue weighted by Crippen LogP contribution is -2.46. The Morgan fingerprint density at radius 2 is 1.61 bits per heavy atom. The largest absolute Gasteiger partial charge is 0.299 e. The van der Waals surface area contributed by atoms with E-state index < -0.39 is 20.0 Å². The van der Waals surface area contributed by atoms with Gasteiger partial charge >= 0.3 is 0 Å². The average molecular weight is 430 g/mol. The molecule has 9 heteroatoms. The summed E-state index contributed by atoms with van der Waals surface area (Å²) in [6.45, 7) is 4.57. The number of likely N-dealkylation sites (tertiary alicyclic amines) is 1. The lowest BCUT2D eigenvalue weighted by molar-refractivity contribution is 0.148. The standard InChI is InChI=1S/C19H31N3O4S2/c1-2-3-13-22-14-5-4-6-17(22)15-20-27(23,24)18-9-11-19(12-10-18)28(25,26)21-16-7-8-16/h9-12,16-17,20-21H,2-8,13-15H2,1H3. The van der Waals surface area contributed by atoms with Crippen LogP contribution >= 0.6 is 0 Å². The van der Waals surface area contributed by atoms with Gasteiger partial charge in [-0.3, -0.25) is 4.90 Å². The molecule has 158 valence electrons. The van der Waals surface area contributed by atoms with Crippen LogP contribution in [0.2, 0.25) is 0 Å². The molecule has 2 fully saturated rings. The van der Waals surface area contributed by atoms with Gasteiger partial charge < -0.3 is 0 Å². The number of benzene rings is 1. The summed E-state index contributed by atoms with van der Waals surface area (Å²) < 4.78 is 55.0. The number of hydrogen-bond donors (Lipinski definition) is 2. The smallest absolute Gasteiger partial charge is 0.240 e. The molecule has 1 unspecified atom stereocenters. The van der Waals surface area contributed by atoms with Crippen LogP contribution in [-0.4, -0.2) is 53.5 Å². The molecule has 1 saturated carbocycles. The minimum absolute atomic E-state index is 0.0150. The summed E-state index contributed by atoms with van der Waals surface area (Å²) in [5.74, 6) is 0. The molecule has 1 aromatic carbocycles. The summed E-state index contributed by atoms with van der Waals surface area (Å²) in [4.78, 5) is 2.57. The number of rotatable bonds is 10. The first-order valence-electron chi connectivity index (χ1n) is 10.2. The lowest BCUT2D eigenvalue weighted by atomic mass is 10.0. The van der Waals surface area contributed by atoms with Crippen molar-refractivity contribution < 1.29 is 16.8 Å². The van der Waals surface area contributed by atoms with Crippen molar-refractivity contribution in [3.8, 4) is 0 Å². The third-order valence-corrected chi connectivity index (χ3v) is 8.38. The molecule has 1 saturated heterocycles. The van der Waals surface area contributed by atoms with Crippen molar-refractivity contribution in [1.82, 2.24) is 14.3 Å². The predicted molar refractivity (Wildman–Crippen MR) is 109 cm³/mol. The van der Waals surface area contributed by atoms with Crippen LogP contribution in [0.4, 0.5) is 0 Å². The fraction of sp³-hybridized carbons (Fsp3) is 0.684. The summed E-state index contributed by atoms with van der Waals surface area (Å²) in [7, 11) is -7.25. The van der Waals surface area contributed by atoms with Gasteiger partial charge in [-0.15, -0.1) is 0 Å². The summed E-state index contributed by atoms with van der Waals surface area (Å²) in [6, 6.07) is 5.67. The maximum absolute atomic E-state index is 12.6. The molecule has 0 amide bonds. The quantitative estimate of drug-likeness (QED) is 0.594. The topological polar surface area (TPSA) is 95.6 Å². The predicted octanol–water partition coefficient (Wildman–Crippen LogP) is 2.06. The molecule has 0 aromatic heterocycles. The fourth-order valence-electron chi connectivity index (χ4n) is 3.52. The van der Waals surface area contributed by atoms with E-state index >= 15 is 0 Å². The number of hydrogen-bond acceptors (Lipinski definition) is 5. The Kier molecular flexibility index (Phi) is 7.14. The first-order valence-corrected chi connectivity index (χ1v) is 13.1. The van der Waals surface area contributed by atoms with Crippen molar-refractivity contribution in [1.29, 1.82) is 0 Å². The van der Waals surface area contributed by atoms with Crippen LogP contribution in [0.15, 0.2) is 34.1 Å². The molecule has 1 aliphatic carbocycles. The zero-order valence-corrected chi connectivity index (χ0v) is 18.1. The van der Waals surface area contributed by atoms with E-state index in [4.69, 9.17) is 0 Å². The van der Waals surface area contributed by atoms with Gasteiger partial charge in [-0.2, -0.15) is 0 Å². The Labute approximate surface area is 169 Å². The number of nitrogens with one attached hydrogen (secondary N) is 2. The van der Waals surface area contributed by atoms with Crippen molar-refractivity contribution in [2.75, 3.05) is 19.6 Å². The van der Waals surface area contributed by atoms with Gasteiger partial charge in [0, 0.05) is 18.6 Å². The molecule has 0 radical (unpaired) electrons. The van der Waals surface area contributed by atoms with Crippen LogP contribution in [0.3, 0.4) is 0 Å². The van der Waals surface area contributed by atoms with E-state index in [1.807, 2.05) is 0 Å². The molecule has 1 aliphatic heterocycles. The van der Waals surface area contributed by atoms with Crippen LogP contribution in [-0.2, 0) is 20.0 Å². The van der Waals surface area contributed by atoms with Gasteiger partial charge in [0.25, 0.3) is 0 Å². The van der Waals surface area contributed by atoms with Crippen LogP contribution in [0, 0.1) is 0 Å². The second kappa shape index (κ2) is 9.21. The van der Waals surface area contributed by atoms with E-state index in [-0.39, 0.29) is 21.9 Å².